The van der Waals surface area contributed by atoms with Crippen molar-refractivity contribution in [1.29, 1.82) is 0 Å². The highest BCUT2D eigenvalue weighted by Crippen LogP contribution is 2.10. The van der Waals surface area contributed by atoms with Crippen LogP contribution in [0.4, 0.5) is 0 Å². The van der Waals surface area contributed by atoms with E-state index in [-0.39, 0.29) is 0 Å². The zero-order valence-corrected chi connectivity index (χ0v) is 16.1. The molecule has 0 spiro atoms. The predicted molar refractivity (Wildman–Crippen MR) is 119 cm³/mol. The van der Waals surface area contributed by atoms with Crippen molar-refractivity contribution in [2.24, 2.45) is 0 Å². The van der Waals surface area contributed by atoms with Crippen molar-refractivity contribution in [2.75, 3.05) is 0 Å². The minimum atomic E-state index is 0.885. The molecule has 0 aliphatic carbocycles. The van der Waals surface area contributed by atoms with Crippen LogP contribution in [0.3, 0.4) is 0 Å². The fourth-order valence-corrected chi connectivity index (χ4v) is 2.69. The SMILES string of the molecule is C(#Cc1ccccc1C#Cc1ccccc1C#Cc1ccncc1)c1ccncc1. The number of rotatable bonds is 0. The summed E-state index contributed by atoms with van der Waals surface area (Å²) in [6, 6.07) is 23.3. The minimum absolute atomic E-state index is 0.885. The molecule has 0 amide bonds. The molecule has 2 heterocycles. The monoisotopic (exact) mass is 380 g/mol. The van der Waals surface area contributed by atoms with Crippen LogP contribution in [0.1, 0.15) is 33.4 Å². The van der Waals surface area contributed by atoms with Crippen molar-refractivity contribution >= 4 is 0 Å². The fraction of sp³-hybridized carbons (Fsp3) is 0. The van der Waals surface area contributed by atoms with Gasteiger partial charge in [0.05, 0.1) is 0 Å². The van der Waals surface area contributed by atoms with Crippen molar-refractivity contribution in [3.8, 4) is 35.5 Å². The normalized spacial score (nSPS) is 9.20. The summed E-state index contributed by atoms with van der Waals surface area (Å²) in [6.07, 6.45) is 6.94. The van der Waals surface area contributed by atoms with Crippen molar-refractivity contribution in [1.82, 2.24) is 9.97 Å². The van der Waals surface area contributed by atoms with E-state index in [1.54, 1.807) is 24.8 Å². The second kappa shape index (κ2) is 9.57. The van der Waals surface area contributed by atoms with Gasteiger partial charge in [0, 0.05) is 58.2 Å². The summed E-state index contributed by atoms with van der Waals surface area (Å²) < 4.78 is 0. The highest BCUT2D eigenvalue weighted by atomic mass is 14.6. The molecule has 2 aromatic carbocycles. The average Bonchev–Trinajstić information content (AvgIpc) is 2.82. The summed E-state index contributed by atoms with van der Waals surface area (Å²) in [6.45, 7) is 0. The molecule has 30 heavy (non-hydrogen) atoms. The quantitative estimate of drug-likeness (QED) is 0.414. The van der Waals surface area contributed by atoms with Crippen molar-refractivity contribution in [2.45, 2.75) is 0 Å². The molecule has 2 nitrogen and oxygen atoms in total. The zero-order chi connectivity index (χ0) is 20.4. The first kappa shape index (κ1) is 18.8. The van der Waals surface area contributed by atoms with E-state index >= 15 is 0 Å². The van der Waals surface area contributed by atoms with Gasteiger partial charge in [0.15, 0.2) is 0 Å². The molecule has 2 heteroatoms. The molecular formula is C28H16N2. The van der Waals surface area contributed by atoms with Gasteiger partial charge >= 0.3 is 0 Å². The van der Waals surface area contributed by atoms with Crippen LogP contribution in [0, 0.1) is 35.5 Å². The zero-order valence-electron chi connectivity index (χ0n) is 16.1. The summed E-state index contributed by atoms with van der Waals surface area (Å²) >= 11 is 0. The maximum atomic E-state index is 4.02. The summed E-state index contributed by atoms with van der Waals surface area (Å²) in [5, 5.41) is 0. The van der Waals surface area contributed by atoms with Crippen LogP contribution < -0.4 is 0 Å². The molecule has 138 valence electrons. The van der Waals surface area contributed by atoms with Gasteiger partial charge in [-0.15, -0.1) is 0 Å². The Bertz CT molecular complexity index is 1230. The van der Waals surface area contributed by atoms with Crippen LogP contribution in [-0.2, 0) is 0 Å². The Balaban J connectivity index is 1.65. The van der Waals surface area contributed by atoms with E-state index < -0.39 is 0 Å². The van der Waals surface area contributed by atoms with Crippen molar-refractivity contribution in [3.05, 3.63) is 131 Å². The smallest absolute Gasteiger partial charge is 0.0405 e. The first-order valence-corrected chi connectivity index (χ1v) is 9.43. The molecule has 0 unspecified atom stereocenters. The van der Waals surface area contributed by atoms with Gasteiger partial charge in [0.1, 0.15) is 0 Å². The molecule has 0 saturated carbocycles. The number of hydrogen-bond donors (Lipinski definition) is 0. The van der Waals surface area contributed by atoms with Crippen LogP contribution in [-0.4, -0.2) is 9.97 Å². The van der Waals surface area contributed by atoms with E-state index in [9.17, 15) is 0 Å². The van der Waals surface area contributed by atoms with Crippen LogP contribution in [0.15, 0.2) is 97.6 Å². The first-order chi connectivity index (χ1) is 14.9. The molecule has 0 aliphatic rings. The number of hydrogen-bond acceptors (Lipinski definition) is 2. The molecule has 0 bridgehead atoms. The second-order valence-electron chi connectivity index (χ2n) is 6.31. The Morgan fingerprint density at radius 3 is 1.00 bits per heavy atom. The van der Waals surface area contributed by atoms with E-state index in [4.69, 9.17) is 0 Å². The molecule has 0 aliphatic heterocycles. The number of nitrogens with zero attached hydrogens (tertiary/aromatic N) is 2. The van der Waals surface area contributed by atoms with Gasteiger partial charge in [-0.3, -0.25) is 9.97 Å². The van der Waals surface area contributed by atoms with Crippen LogP contribution >= 0.6 is 0 Å². The van der Waals surface area contributed by atoms with Crippen LogP contribution in [0.25, 0.3) is 0 Å². The molecule has 0 radical (unpaired) electrons. The van der Waals surface area contributed by atoms with E-state index in [0.29, 0.717) is 0 Å². The molecular weight excluding hydrogens is 364 g/mol. The lowest BCUT2D eigenvalue weighted by Gasteiger charge is -1.97. The lowest BCUT2D eigenvalue weighted by Crippen LogP contribution is -1.86. The van der Waals surface area contributed by atoms with Gasteiger partial charge in [-0.1, -0.05) is 59.8 Å². The van der Waals surface area contributed by atoms with E-state index in [0.717, 1.165) is 33.4 Å². The third kappa shape index (κ3) is 5.02. The fourth-order valence-electron chi connectivity index (χ4n) is 2.69. The molecule has 0 atom stereocenters. The average molecular weight is 380 g/mol. The van der Waals surface area contributed by atoms with Gasteiger partial charge < -0.3 is 0 Å². The molecule has 4 rings (SSSR count). The number of pyridine rings is 2. The Kier molecular flexibility index (Phi) is 5.98. The molecule has 0 saturated heterocycles. The Labute approximate surface area is 176 Å². The van der Waals surface area contributed by atoms with Gasteiger partial charge in [0.25, 0.3) is 0 Å². The van der Waals surface area contributed by atoms with Gasteiger partial charge in [0.2, 0.25) is 0 Å². The first-order valence-electron chi connectivity index (χ1n) is 9.43. The van der Waals surface area contributed by atoms with Gasteiger partial charge in [-0.2, -0.15) is 0 Å². The molecule has 0 N–H and O–H groups in total. The van der Waals surface area contributed by atoms with Crippen molar-refractivity contribution in [3.63, 3.8) is 0 Å². The molecule has 4 aromatic rings. The maximum Gasteiger partial charge on any atom is 0.0405 e. The highest BCUT2D eigenvalue weighted by molar-refractivity contribution is 5.57. The third-order valence-electron chi connectivity index (χ3n) is 4.23. The summed E-state index contributed by atoms with van der Waals surface area (Å²) in [4.78, 5) is 8.04. The summed E-state index contributed by atoms with van der Waals surface area (Å²) in [5.74, 6) is 19.3. The summed E-state index contributed by atoms with van der Waals surface area (Å²) in [7, 11) is 0. The minimum Gasteiger partial charge on any atom is -0.265 e. The second-order valence-corrected chi connectivity index (χ2v) is 6.31. The Morgan fingerprint density at radius 2 is 0.667 bits per heavy atom. The topological polar surface area (TPSA) is 25.8 Å². The highest BCUT2D eigenvalue weighted by Gasteiger charge is 1.98. The lowest BCUT2D eigenvalue weighted by molar-refractivity contribution is 1.32. The van der Waals surface area contributed by atoms with Crippen LogP contribution in [0.2, 0.25) is 0 Å². The Morgan fingerprint density at radius 1 is 0.367 bits per heavy atom. The number of aromatic nitrogens is 2. The Hall–Kier alpha value is -4.58. The standard InChI is InChI=1S/C28H16N2/c1-3-7-27(25(5-1)11-9-23-15-19-29-20-16-23)13-14-28-8-4-2-6-26(28)12-10-24-17-21-30-22-18-24/h1-8,15-22H. The van der Waals surface area contributed by atoms with Crippen molar-refractivity contribution < 1.29 is 0 Å². The van der Waals surface area contributed by atoms with E-state index in [1.165, 1.54) is 0 Å². The number of benzene rings is 2. The maximum absolute atomic E-state index is 4.02. The van der Waals surface area contributed by atoms with E-state index in [2.05, 4.69) is 45.5 Å². The molecule has 0 fully saturated rings. The lowest BCUT2D eigenvalue weighted by atomic mass is 10.0. The summed E-state index contributed by atoms with van der Waals surface area (Å²) in [5.41, 5.74) is 5.39. The third-order valence-corrected chi connectivity index (χ3v) is 4.23. The van der Waals surface area contributed by atoms with E-state index in [1.807, 2.05) is 72.8 Å². The van der Waals surface area contributed by atoms with Gasteiger partial charge in [-0.05, 0) is 48.5 Å². The predicted octanol–water partition coefficient (Wildman–Crippen LogP) is 4.68. The molecule has 2 aromatic heterocycles. The van der Waals surface area contributed by atoms with Crippen LogP contribution in [0.5, 0.6) is 0 Å². The largest absolute Gasteiger partial charge is 0.265 e. The van der Waals surface area contributed by atoms with Gasteiger partial charge in [-0.25, -0.2) is 0 Å².